The maximum absolute atomic E-state index is 5.46. The fourth-order valence-corrected chi connectivity index (χ4v) is 2.37. The first-order valence-corrected chi connectivity index (χ1v) is 8.08. The van der Waals surface area contributed by atoms with Gasteiger partial charge in [0.15, 0.2) is 0 Å². The van der Waals surface area contributed by atoms with Gasteiger partial charge in [-0.2, -0.15) is 0 Å². The Balaban J connectivity index is 1.79. The van der Waals surface area contributed by atoms with Gasteiger partial charge in [0.1, 0.15) is 0 Å². The molecule has 0 spiro atoms. The van der Waals surface area contributed by atoms with E-state index in [9.17, 15) is 0 Å². The molecule has 0 atom stereocenters. The van der Waals surface area contributed by atoms with Crippen LogP contribution in [0.3, 0.4) is 0 Å². The number of rotatable bonds is 9. The van der Waals surface area contributed by atoms with Gasteiger partial charge in [0, 0.05) is 13.0 Å². The maximum Gasteiger partial charge on any atom is 0.226 e. The Bertz CT molecular complexity index is 539. The van der Waals surface area contributed by atoms with Crippen LogP contribution < -0.4 is 5.32 Å². The minimum atomic E-state index is 0.576. The zero-order valence-corrected chi connectivity index (χ0v) is 13.4. The molecule has 116 valence electrons. The van der Waals surface area contributed by atoms with E-state index in [2.05, 4.69) is 44.9 Å². The normalized spacial score (nSPS) is 11.4. The summed E-state index contributed by atoms with van der Waals surface area (Å²) >= 11 is 1.50. The van der Waals surface area contributed by atoms with Gasteiger partial charge in [0.2, 0.25) is 16.9 Å². The molecule has 0 amide bonds. The highest BCUT2D eigenvalue weighted by Gasteiger charge is 2.10. The zero-order valence-electron chi connectivity index (χ0n) is 12.6. The second-order valence-corrected chi connectivity index (χ2v) is 5.96. The van der Waals surface area contributed by atoms with Crippen molar-refractivity contribution in [1.82, 2.24) is 35.7 Å². The average Bonchev–Trinajstić information content (AvgIpc) is 3.10. The molecule has 0 bridgehead atoms. The smallest absolute Gasteiger partial charge is 0.226 e. The molecule has 0 aliphatic carbocycles. The lowest BCUT2D eigenvalue weighted by molar-refractivity contribution is 0.468. The van der Waals surface area contributed by atoms with Crippen molar-refractivity contribution in [2.24, 2.45) is 5.92 Å². The number of nitrogens with zero attached hydrogens (tertiary/aromatic N) is 6. The van der Waals surface area contributed by atoms with E-state index in [0.717, 1.165) is 31.2 Å². The molecule has 0 saturated carbocycles. The summed E-state index contributed by atoms with van der Waals surface area (Å²) in [5.41, 5.74) is 0. The highest BCUT2D eigenvalue weighted by molar-refractivity contribution is 7.98. The molecule has 0 aromatic carbocycles. The van der Waals surface area contributed by atoms with E-state index in [-0.39, 0.29) is 0 Å². The van der Waals surface area contributed by atoms with Crippen LogP contribution in [-0.4, -0.2) is 43.5 Å². The second kappa shape index (κ2) is 8.08. The van der Waals surface area contributed by atoms with Crippen LogP contribution in [0, 0.1) is 5.92 Å². The Kier molecular flexibility index (Phi) is 6.12. The Morgan fingerprint density at radius 3 is 2.76 bits per heavy atom. The maximum atomic E-state index is 5.46. The van der Waals surface area contributed by atoms with E-state index >= 15 is 0 Å². The van der Waals surface area contributed by atoms with E-state index in [1.807, 2.05) is 6.92 Å². The number of aryl methyl sites for hydroxylation is 1. The van der Waals surface area contributed by atoms with Crippen molar-refractivity contribution in [3.63, 3.8) is 0 Å². The lowest BCUT2D eigenvalue weighted by Crippen LogP contribution is -2.24. The summed E-state index contributed by atoms with van der Waals surface area (Å²) < 4.78 is 7.25. The molecule has 2 aromatic rings. The van der Waals surface area contributed by atoms with Gasteiger partial charge in [-0.05, 0) is 22.9 Å². The summed E-state index contributed by atoms with van der Waals surface area (Å²) in [6.07, 6.45) is 0.747. The van der Waals surface area contributed by atoms with Gasteiger partial charge in [-0.3, -0.25) is 0 Å². The number of aromatic nitrogens is 6. The molecule has 0 aliphatic heterocycles. The SMILES string of the molecule is CCc1nnc(CSc2nnnn2CCNCC(C)C)o1. The van der Waals surface area contributed by atoms with E-state index in [1.54, 1.807) is 4.68 Å². The van der Waals surface area contributed by atoms with Gasteiger partial charge in [0.05, 0.1) is 12.3 Å². The van der Waals surface area contributed by atoms with Crippen molar-refractivity contribution < 1.29 is 4.42 Å². The summed E-state index contributed by atoms with van der Waals surface area (Å²) in [6, 6.07) is 0. The Labute approximate surface area is 128 Å². The molecule has 0 fully saturated rings. The van der Waals surface area contributed by atoms with E-state index in [0.29, 0.717) is 23.5 Å². The van der Waals surface area contributed by atoms with E-state index in [4.69, 9.17) is 4.42 Å². The molecule has 2 heterocycles. The number of nitrogens with one attached hydrogen (secondary N) is 1. The third kappa shape index (κ3) is 5.09. The van der Waals surface area contributed by atoms with Crippen LogP contribution in [0.2, 0.25) is 0 Å². The molecule has 0 radical (unpaired) electrons. The summed E-state index contributed by atoms with van der Waals surface area (Å²) in [5, 5.41) is 23.8. The van der Waals surface area contributed by atoms with Crippen molar-refractivity contribution in [2.45, 2.75) is 44.6 Å². The van der Waals surface area contributed by atoms with Crippen molar-refractivity contribution in [3.8, 4) is 0 Å². The van der Waals surface area contributed by atoms with Gasteiger partial charge >= 0.3 is 0 Å². The topological polar surface area (TPSA) is 94.5 Å². The van der Waals surface area contributed by atoms with Crippen molar-refractivity contribution in [1.29, 1.82) is 0 Å². The largest absolute Gasteiger partial charge is 0.424 e. The molecule has 1 N–H and O–H groups in total. The molecular formula is C12H21N7OS. The standard InChI is InChI=1S/C12H21N7OS/c1-4-10-14-15-11(20-10)8-21-12-16-17-18-19(12)6-5-13-7-9(2)3/h9,13H,4-8H2,1-3H3. The van der Waals surface area contributed by atoms with Crippen LogP contribution in [0.25, 0.3) is 0 Å². The molecule has 9 heteroatoms. The first-order chi connectivity index (χ1) is 10.2. The van der Waals surface area contributed by atoms with Crippen LogP contribution in [0.4, 0.5) is 0 Å². The van der Waals surface area contributed by atoms with Gasteiger partial charge in [-0.15, -0.1) is 15.3 Å². The Morgan fingerprint density at radius 2 is 2.05 bits per heavy atom. The van der Waals surface area contributed by atoms with Crippen LogP contribution >= 0.6 is 11.8 Å². The third-order valence-electron chi connectivity index (χ3n) is 2.69. The minimum absolute atomic E-state index is 0.576. The average molecular weight is 311 g/mol. The molecule has 0 aliphatic rings. The molecule has 8 nitrogen and oxygen atoms in total. The zero-order chi connectivity index (χ0) is 15.1. The highest BCUT2D eigenvalue weighted by Crippen LogP contribution is 2.19. The second-order valence-electron chi connectivity index (χ2n) is 5.01. The quantitative estimate of drug-likeness (QED) is 0.544. The number of tetrazole rings is 1. The van der Waals surface area contributed by atoms with Gasteiger partial charge in [0.25, 0.3) is 0 Å². The number of thioether (sulfide) groups is 1. The van der Waals surface area contributed by atoms with Gasteiger partial charge in [-0.1, -0.05) is 32.5 Å². The van der Waals surface area contributed by atoms with Crippen LogP contribution in [0.15, 0.2) is 9.57 Å². The highest BCUT2D eigenvalue weighted by atomic mass is 32.2. The van der Waals surface area contributed by atoms with E-state index < -0.39 is 0 Å². The van der Waals surface area contributed by atoms with Crippen LogP contribution in [0.1, 0.15) is 32.6 Å². The first-order valence-electron chi connectivity index (χ1n) is 7.10. The lowest BCUT2D eigenvalue weighted by Gasteiger charge is -2.07. The fraction of sp³-hybridized carbons (Fsp3) is 0.750. The monoisotopic (exact) mass is 311 g/mol. The minimum Gasteiger partial charge on any atom is -0.424 e. The molecule has 0 saturated heterocycles. The van der Waals surface area contributed by atoms with E-state index in [1.165, 1.54) is 11.8 Å². The summed E-state index contributed by atoms with van der Waals surface area (Å²) in [4.78, 5) is 0. The van der Waals surface area contributed by atoms with Crippen molar-refractivity contribution in [3.05, 3.63) is 11.8 Å². The molecule has 0 unspecified atom stereocenters. The predicted molar refractivity (Wildman–Crippen MR) is 78.8 cm³/mol. The van der Waals surface area contributed by atoms with Crippen molar-refractivity contribution in [2.75, 3.05) is 13.1 Å². The summed E-state index contributed by atoms with van der Waals surface area (Å²) in [5.74, 6) is 2.47. The lowest BCUT2D eigenvalue weighted by atomic mass is 10.2. The van der Waals surface area contributed by atoms with Gasteiger partial charge < -0.3 is 9.73 Å². The number of hydrogen-bond acceptors (Lipinski definition) is 8. The van der Waals surface area contributed by atoms with Crippen LogP contribution in [0.5, 0.6) is 0 Å². The Hall–Kier alpha value is -1.48. The number of hydrogen-bond donors (Lipinski definition) is 1. The first kappa shape index (κ1) is 15.9. The molecular weight excluding hydrogens is 290 g/mol. The van der Waals surface area contributed by atoms with Crippen LogP contribution in [-0.2, 0) is 18.7 Å². The third-order valence-corrected chi connectivity index (χ3v) is 3.63. The van der Waals surface area contributed by atoms with Crippen molar-refractivity contribution >= 4 is 11.8 Å². The molecule has 21 heavy (non-hydrogen) atoms. The molecule has 2 aromatic heterocycles. The fourth-order valence-electron chi connectivity index (χ4n) is 1.63. The molecule has 2 rings (SSSR count). The summed E-state index contributed by atoms with van der Waals surface area (Å²) in [6.45, 7) is 8.92. The van der Waals surface area contributed by atoms with Gasteiger partial charge in [-0.25, -0.2) is 4.68 Å². The summed E-state index contributed by atoms with van der Waals surface area (Å²) in [7, 11) is 0. The Morgan fingerprint density at radius 1 is 1.24 bits per heavy atom. The predicted octanol–water partition coefficient (Wildman–Crippen LogP) is 1.16.